The first kappa shape index (κ1) is 14.9. The van der Waals surface area contributed by atoms with Gasteiger partial charge < -0.3 is 0 Å². The summed E-state index contributed by atoms with van der Waals surface area (Å²) < 4.78 is 0. The molecule has 0 aliphatic carbocycles. The zero-order valence-electron chi connectivity index (χ0n) is 11.8. The van der Waals surface area contributed by atoms with Gasteiger partial charge in [0.15, 0.2) is 5.30 Å². The van der Waals surface area contributed by atoms with Crippen LogP contribution in [0.3, 0.4) is 0 Å². The van der Waals surface area contributed by atoms with Crippen molar-refractivity contribution in [2.75, 3.05) is 0 Å². The first-order chi connectivity index (χ1) is 9.34. The summed E-state index contributed by atoms with van der Waals surface area (Å²) >= 11 is 0. The van der Waals surface area contributed by atoms with E-state index in [1.165, 1.54) is 0 Å². The number of carbonyl (C=O) groups excluding carboxylic acids is 1. The SMILES string of the molecule is Cc1cc(C)c(C(=O)[P+](O)(O)c2ccccc2)c(C)c1. The molecule has 4 heteroatoms. The minimum Gasteiger partial charge on any atom is -0.240 e. The second-order valence-electron chi connectivity index (χ2n) is 5.02. The van der Waals surface area contributed by atoms with Crippen LogP contribution in [0, 0.1) is 20.8 Å². The number of carbonyl (C=O) groups is 1. The van der Waals surface area contributed by atoms with Gasteiger partial charge in [-0.1, -0.05) is 35.9 Å². The molecule has 2 aromatic carbocycles. The first-order valence-corrected chi connectivity index (χ1v) is 8.06. The van der Waals surface area contributed by atoms with E-state index in [2.05, 4.69) is 0 Å². The molecule has 104 valence electrons. The molecule has 0 aliphatic heterocycles. The van der Waals surface area contributed by atoms with Crippen LogP contribution in [0.4, 0.5) is 0 Å². The summed E-state index contributed by atoms with van der Waals surface area (Å²) in [5.41, 5.74) is 2.43. The lowest BCUT2D eigenvalue weighted by Crippen LogP contribution is -2.20. The molecule has 0 aromatic heterocycles. The van der Waals surface area contributed by atoms with Crippen molar-refractivity contribution >= 4 is 18.5 Å². The van der Waals surface area contributed by atoms with Crippen LogP contribution in [-0.4, -0.2) is 15.3 Å². The van der Waals surface area contributed by atoms with Crippen molar-refractivity contribution in [2.45, 2.75) is 20.8 Å². The zero-order chi connectivity index (χ0) is 14.9. The fraction of sp³-hybridized carbons (Fsp3) is 0.188. The Labute approximate surface area is 119 Å². The molecule has 0 unspecified atom stereocenters. The van der Waals surface area contributed by atoms with Gasteiger partial charge in [0.1, 0.15) is 0 Å². The summed E-state index contributed by atoms with van der Waals surface area (Å²) in [4.78, 5) is 33.3. The van der Waals surface area contributed by atoms with Gasteiger partial charge in [-0.2, -0.15) is 0 Å². The third-order valence-corrected chi connectivity index (χ3v) is 5.10. The molecule has 0 saturated heterocycles. The summed E-state index contributed by atoms with van der Waals surface area (Å²) in [7, 11) is -3.82. The molecule has 0 saturated carbocycles. The fourth-order valence-corrected chi connectivity index (χ4v) is 3.91. The Bertz CT molecular complexity index is 625. The van der Waals surface area contributed by atoms with Gasteiger partial charge in [0, 0.05) is 0 Å². The average molecular weight is 289 g/mol. The summed E-state index contributed by atoms with van der Waals surface area (Å²) in [6.07, 6.45) is 0. The first-order valence-electron chi connectivity index (χ1n) is 6.37. The molecule has 0 spiro atoms. The van der Waals surface area contributed by atoms with Gasteiger partial charge in [0.25, 0.3) is 0 Å². The monoisotopic (exact) mass is 289 g/mol. The molecular weight excluding hydrogens is 271 g/mol. The number of hydrogen-bond acceptors (Lipinski definition) is 3. The Balaban J connectivity index is 2.52. The molecule has 0 atom stereocenters. The van der Waals surface area contributed by atoms with Crippen molar-refractivity contribution in [2.24, 2.45) is 0 Å². The Hall–Kier alpha value is -1.54. The van der Waals surface area contributed by atoms with Crippen LogP contribution in [0.1, 0.15) is 27.0 Å². The van der Waals surface area contributed by atoms with Gasteiger partial charge >= 0.3 is 13.2 Å². The van der Waals surface area contributed by atoms with E-state index >= 15 is 0 Å². The largest absolute Gasteiger partial charge is 0.376 e. The molecule has 2 rings (SSSR count). The molecule has 0 heterocycles. The Morgan fingerprint density at radius 2 is 1.45 bits per heavy atom. The molecule has 0 fully saturated rings. The Morgan fingerprint density at radius 1 is 0.950 bits per heavy atom. The summed E-state index contributed by atoms with van der Waals surface area (Å²) in [5, 5.41) is 0.282. The normalized spacial score (nSPS) is 11.4. The van der Waals surface area contributed by atoms with Crippen LogP contribution >= 0.6 is 7.72 Å². The lowest BCUT2D eigenvalue weighted by atomic mass is 10.0. The predicted molar refractivity (Wildman–Crippen MR) is 82.4 cm³/mol. The number of rotatable bonds is 3. The minimum atomic E-state index is -3.82. The van der Waals surface area contributed by atoms with Gasteiger partial charge in [-0.05, 0) is 44.0 Å². The average Bonchev–Trinajstić information content (AvgIpc) is 2.38. The van der Waals surface area contributed by atoms with Crippen molar-refractivity contribution in [1.82, 2.24) is 0 Å². The number of aryl methyl sites for hydroxylation is 3. The van der Waals surface area contributed by atoms with Crippen LogP contribution in [0.2, 0.25) is 0 Å². The van der Waals surface area contributed by atoms with E-state index in [1.807, 2.05) is 32.9 Å². The quantitative estimate of drug-likeness (QED) is 0.854. The maximum Gasteiger partial charge on any atom is 0.376 e. The highest BCUT2D eigenvalue weighted by molar-refractivity contribution is 7.88. The molecule has 0 radical (unpaired) electrons. The van der Waals surface area contributed by atoms with Crippen LogP contribution in [-0.2, 0) is 0 Å². The van der Waals surface area contributed by atoms with Crippen LogP contribution in [0.25, 0.3) is 0 Å². The highest BCUT2D eigenvalue weighted by Gasteiger charge is 2.48. The van der Waals surface area contributed by atoms with E-state index in [0.29, 0.717) is 5.56 Å². The zero-order valence-corrected chi connectivity index (χ0v) is 12.7. The maximum absolute atomic E-state index is 12.6. The van der Waals surface area contributed by atoms with Gasteiger partial charge in [-0.3, -0.25) is 0 Å². The third-order valence-electron chi connectivity index (χ3n) is 3.29. The summed E-state index contributed by atoms with van der Waals surface area (Å²) in [5.74, 6) is 0. The fourth-order valence-electron chi connectivity index (χ4n) is 2.43. The van der Waals surface area contributed by atoms with E-state index in [0.717, 1.165) is 16.7 Å². The van der Waals surface area contributed by atoms with Gasteiger partial charge in [0.2, 0.25) is 0 Å². The van der Waals surface area contributed by atoms with Gasteiger partial charge in [-0.15, -0.1) is 0 Å². The van der Waals surface area contributed by atoms with Crippen molar-refractivity contribution < 1.29 is 14.6 Å². The Morgan fingerprint density at radius 3 is 1.95 bits per heavy atom. The molecule has 0 bridgehead atoms. The summed E-state index contributed by atoms with van der Waals surface area (Å²) in [6.45, 7) is 5.59. The van der Waals surface area contributed by atoms with Crippen molar-refractivity contribution in [3.8, 4) is 0 Å². The van der Waals surface area contributed by atoms with Crippen molar-refractivity contribution in [3.63, 3.8) is 0 Å². The molecule has 2 N–H and O–H groups in total. The summed E-state index contributed by atoms with van der Waals surface area (Å²) in [6, 6.07) is 12.1. The molecule has 20 heavy (non-hydrogen) atoms. The standard InChI is InChI=1S/C16H18O3P/c1-11-9-12(2)15(13(3)10-11)16(17)20(18,19)14-7-5-4-6-8-14/h4-10,18-19H,1-3H3/q+1. The van der Waals surface area contributed by atoms with Crippen LogP contribution < -0.4 is 5.30 Å². The number of benzene rings is 2. The van der Waals surface area contributed by atoms with Crippen LogP contribution in [0.5, 0.6) is 0 Å². The second kappa shape index (κ2) is 5.45. The lowest BCUT2D eigenvalue weighted by molar-refractivity contribution is 0.105. The van der Waals surface area contributed by atoms with Crippen molar-refractivity contribution in [3.05, 3.63) is 64.7 Å². The number of hydrogen-bond donors (Lipinski definition) is 2. The molecule has 0 amide bonds. The highest BCUT2D eigenvalue weighted by atomic mass is 31.2. The highest BCUT2D eigenvalue weighted by Crippen LogP contribution is 2.52. The third kappa shape index (κ3) is 2.66. The van der Waals surface area contributed by atoms with E-state index in [-0.39, 0.29) is 5.30 Å². The van der Waals surface area contributed by atoms with E-state index in [9.17, 15) is 14.6 Å². The smallest absolute Gasteiger partial charge is 0.240 e. The second-order valence-corrected chi connectivity index (χ2v) is 7.14. The van der Waals surface area contributed by atoms with Gasteiger partial charge in [0.05, 0.1) is 5.56 Å². The van der Waals surface area contributed by atoms with E-state index in [1.54, 1.807) is 30.3 Å². The topological polar surface area (TPSA) is 57.5 Å². The molecule has 3 nitrogen and oxygen atoms in total. The van der Waals surface area contributed by atoms with E-state index in [4.69, 9.17) is 0 Å². The van der Waals surface area contributed by atoms with E-state index < -0.39 is 13.2 Å². The van der Waals surface area contributed by atoms with Crippen LogP contribution in [0.15, 0.2) is 42.5 Å². The molecule has 2 aromatic rings. The Kier molecular flexibility index (Phi) is 4.05. The van der Waals surface area contributed by atoms with Gasteiger partial charge in [-0.25, -0.2) is 14.6 Å². The lowest BCUT2D eigenvalue weighted by Gasteiger charge is -2.14. The van der Waals surface area contributed by atoms with Crippen molar-refractivity contribution in [1.29, 1.82) is 0 Å². The molecule has 0 aliphatic rings. The predicted octanol–water partition coefficient (Wildman–Crippen LogP) is 2.91. The minimum absolute atomic E-state index is 0.282. The maximum atomic E-state index is 12.6. The molecular formula is C16H18O3P+.